The van der Waals surface area contributed by atoms with E-state index in [-0.39, 0.29) is 24.8 Å². The first-order valence-corrected chi connectivity index (χ1v) is 8.29. The summed E-state index contributed by atoms with van der Waals surface area (Å²) >= 11 is 0. The van der Waals surface area contributed by atoms with Gasteiger partial charge in [-0.05, 0) is 31.0 Å². The second-order valence-corrected chi connectivity index (χ2v) is 6.22. The highest BCUT2D eigenvalue weighted by molar-refractivity contribution is 5.82. The van der Waals surface area contributed by atoms with Crippen LogP contribution in [0.4, 0.5) is 0 Å². The average Bonchev–Trinajstić information content (AvgIpc) is 3.34. The Bertz CT molecular complexity index is 776. The van der Waals surface area contributed by atoms with E-state index in [0.29, 0.717) is 19.4 Å². The van der Waals surface area contributed by atoms with Crippen molar-refractivity contribution in [2.75, 3.05) is 13.3 Å². The van der Waals surface area contributed by atoms with Gasteiger partial charge in [0.25, 0.3) is 0 Å². The molecule has 2 aromatic rings. The third kappa shape index (κ3) is 3.45. The molecule has 0 spiro atoms. The zero-order chi connectivity index (χ0) is 17.2. The summed E-state index contributed by atoms with van der Waals surface area (Å²) in [5.41, 5.74) is 8.13. The van der Waals surface area contributed by atoms with Gasteiger partial charge in [0.15, 0.2) is 11.5 Å². The summed E-state index contributed by atoms with van der Waals surface area (Å²) in [5.74, 6) is 2.24. The van der Waals surface area contributed by atoms with Crippen molar-refractivity contribution in [1.29, 1.82) is 0 Å². The lowest BCUT2D eigenvalue weighted by Crippen LogP contribution is -2.43. The number of carbonyl (C=O) groups excluding carboxylic acids is 1. The molecule has 8 heteroatoms. The van der Waals surface area contributed by atoms with Crippen LogP contribution in [0.25, 0.3) is 0 Å². The van der Waals surface area contributed by atoms with Crippen LogP contribution < -0.4 is 25.6 Å². The van der Waals surface area contributed by atoms with Gasteiger partial charge in [0.05, 0.1) is 5.69 Å². The summed E-state index contributed by atoms with van der Waals surface area (Å²) in [7, 11) is 0. The topological polar surface area (TPSA) is 97.7 Å². The zero-order valence-electron chi connectivity index (χ0n) is 13.9. The van der Waals surface area contributed by atoms with Gasteiger partial charge in [0.2, 0.25) is 12.7 Å². The van der Waals surface area contributed by atoms with Gasteiger partial charge in [-0.3, -0.25) is 4.79 Å². The zero-order valence-corrected chi connectivity index (χ0v) is 13.9. The van der Waals surface area contributed by atoms with Crippen LogP contribution in [0.5, 0.6) is 11.5 Å². The van der Waals surface area contributed by atoms with Crippen LogP contribution in [0.1, 0.15) is 29.5 Å². The van der Waals surface area contributed by atoms with Crippen LogP contribution in [0.2, 0.25) is 0 Å². The minimum atomic E-state index is -0.285. The molecule has 1 aromatic carbocycles. The largest absolute Gasteiger partial charge is 0.454 e. The fourth-order valence-electron chi connectivity index (χ4n) is 3.04. The molecule has 25 heavy (non-hydrogen) atoms. The number of rotatable bonds is 5. The maximum Gasteiger partial charge on any atom is 0.238 e. The number of nitrogens with one attached hydrogen (secondary N) is 3. The summed E-state index contributed by atoms with van der Waals surface area (Å²) in [6, 6.07) is 7.46. The van der Waals surface area contributed by atoms with E-state index in [1.165, 1.54) is 0 Å². The molecular weight excluding hydrogens is 324 g/mol. The van der Waals surface area contributed by atoms with Crippen LogP contribution in [-0.4, -0.2) is 30.4 Å². The molecule has 0 radical (unpaired) electrons. The number of fused-ring (bicyclic) bond motifs is 1. The van der Waals surface area contributed by atoms with Crippen molar-refractivity contribution in [2.45, 2.75) is 31.8 Å². The molecular formula is C17H20N4O4. The molecule has 3 N–H and O–H groups in total. The number of aryl methyl sites for hydroxylation is 1. The number of carbonyl (C=O) groups is 1. The molecule has 132 valence electrons. The molecule has 1 amide bonds. The van der Waals surface area contributed by atoms with Gasteiger partial charge in [-0.1, -0.05) is 11.2 Å². The van der Waals surface area contributed by atoms with E-state index in [1.807, 2.05) is 31.2 Å². The van der Waals surface area contributed by atoms with Crippen LogP contribution >= 0.6 is 0 Å². The fourth-order valence-corrected chi connectivity index (χ4v) is 3.04. The predicted octanol–water partition coefficient (Wildman–Crippen LogP) is 0.978. The quantitative estimate of drug-likeness (QED) is 0.744. The Morgan fingerprint density at radius 1 is 1.28 bits per heavy atom. The number of nitrogens with zero attached hydrogens (tertiary/aromatic N) is 1. The highest BCUT2D eigenvalue weighted by Crippen LogP contribution is 2.35. The smallest absolute Gasteiger partial charge is 0.238 e. The van der Waals surface area contributed by atoms with Crippen molar-refractivity contribution in [2.24, 2.45) is 0 Å². The first-order chi connectivity index (χ1) is 12.2. The van der Waals surface area contributed by atoms with Crippen LogP contribution in [-0.2, 0) is 11.2 Å². The molecule has 1 aromatic heterocycles. The summed E-state index contributed by atoms with van der Waals surface area (Å²) < 4.78 is 15.9. The van der Waals surface area contributed by atoms with Gasteiger partial charge in [0.1, 0.15) is 11.8 Å². The standard InChI is InChI=1S/C17H20N4O4/c1-10-6-12(25-21-10)4-5-18-17(22)14-8-13(19-20-14)11-2-3-15-16(7-11)24-9-23-15/h2-3,6-7,13-14,19-20H,4-5,8-9H2,1H3,(H,18,22). The van der Waals surface area contributed by atoms with Crippen molar-refractivity contribution < 1.29 is 18.8 Å². The van der Waals surface area contributed by atoms with Gasteiger partial charge >= 0.3 is 0 Å². The highest BCUT2D eigenvalue weighted by Gasteiger charge is 2.30. The van der Waals surface area contributed by atoms with E-state index < -0.39 is 0 Å². The Morgan fingerprint density at radius 2 is 2.16 bits per heavy atom. The van der Waals surface area contributed by atoms with E-state index >= 15 is 0 Å². The van der Waals surface area contributed by atoms with Gasteiger partial charge in [-0.15, -0.1) is 0 Å². The summed E-state index contributed by atoms with van der Waals surface area (Å²) in [4.78, 5) is 12.3. The van der Waals surface area contributed by atoms with E-state index in [2.05, 4.69) is 21.3 Å². The number of hydrogen-bond acceptors (Lipinski definition) is 7. The lowest BCUT2D eigenvalue weighted by molar-refractivity contribution is -0.122. The molecule has 1 fully saturated rings. The second-order valence-electron chi connectivity index (χ2n) is 6.22. The van der Waals surface area contributed by atoms with Gasteiger partial charge in [-0.25, -0.2) is 10.9 Å². The summed E-state index contributed by atoms with van der Waals surface area (Å²) in [5, 5.41) is 6.75. The number of amides is 1. The molecule has 0 saturated carbocycles. The maximum absolute atomic E-state index is 12.3. The molecule has 2 unspecified atom stereocenters. The third-order valence-electron chi connectivity index (χ3n) is 4.37. The molecule has 2 aliphatic rings. The molecule has 8 nitrogen and oxygen atoms in total. The first-order valence-electron chi connectivity index (χ1n) is 8.29. The second kappa shape index (κ2) is 6.73. The fraction of sp³-hybridized carbons (Fsp3) is 0.412. The Hall–Kier alpha value is -2.58. The van der Waals surface area contributed by atoms with Crippen molar-refractivity contribution in [3.8, 4) is 11.5 Å². The Labute approximate surface area is 144 Å². The maximum atomic E-state index is 12.3. The number of aromatic nitrogens is 1. The van der Waals surface area contributed by atoms with Crippen LogP contribution in [0.3, 0.4) is 0 Å². The van der Waals surface area contributed by atoms with Crippen molar-refractivity contribution >= 4 is 5.91 Å². The highest BCUT2D eigenvalue weighted by atomic mass is 16.7. The SMILES string of the molecule is Cc1cc(CCNC(=O)C2CC(c3ccc4c(c3)OCO4)NN2)on1. The lowest BCUT2D eigenvalue weighted by atomic mass is 10.0. The Kier molecular flexibility index (Phi) is 4.29. The summed E-state index contributed by atoms with van der Waals surface area (Å²) in [6.45, 7) is 2.64. The Balaban J connectivity index is 1.29. The van der Waals surface area contributed by atoms with E-state index in [9.17, 15) is 4.79 Å². The van der Waals surface area contributed by atoms with Gasteiger partial charge in [-0.2, -0.15) is 0 Å². The minimum Gasteiger partial charge on any atom is -0.454 e. The average molecular weight is 344 g/mol. The molecule has 3 heterocycles. The molecule has 1 saturated heterocycles. The number of ether oxygens (including phenoxy) is 2. The number of benzene rings is 1. The lowest BCUT2D eigenvalue weighted by Gasteiger charge is -2.11. The van der Waals surface area contributed by atoms with Crippen LogP contribution in [0, 0.1) is 6.92 Å². The van der Waals surface area contributed by atoms with Crippen molar-refractivity contribution in [3.63, 3.8) is 0 Å². The minimum absolute atomic E-state index is 0.0352. The van der Waals surface area contributed by atoms with E-state index in [1.54, 1.807) is 0 Å². The van der Waals surface area contributed by atoms with Gasteiger partial charge < -0.3 is 19.3 Å². The summed E-state index contributed by atoms with van der Waals surface area (Å²) in [6.07, 6.45) is 1.28. The number of hydrogen-bond donors (Lipinski definition) is 3. The third-order valence-corrected chi connectivity index (χ3v) is 4.37. The van der Waals surface area contributed by atoms with E-state index in [0.717, 1.165) is 28.5 Å². The molecule has 0 aliphatic carbocycles. The number of hydrazine groups is 1. The molecule has 4 rings (SSSR count). The van der Waals surface area contributed by atoms with Crippen molar-refractivity contribution in [3.05, 3.63) is 41.3 Å². The van der Waals surface area contributed by atoms with Crippen LogP contribution in [0.15, 0.2) is 28.8 Å². The monoisotopic (exact) mass is 344 g/mol. The molecule has 0 bridgehead atoms. The Morgan fingerprint density at radius 3 is 3.00 bits per heavy atom. The van der Waals surface area contributed by atoms with Crippen molar-refractivity contribution in [1.82, 2.24) is 21.3 Å². The predicted molar refractivity (Wildman–Crippen MR) is 87.9 cm³/mol. The molecule has 2 atom stereocenters. The normalized spacial score (nSPS) is 21.5. The molecule has 2 aliphatic heterocycles. The first kappa shape index (κ1) is 15.9. The van der Waals surface area contributed by atoms with Gasteiger partial charge in [0, 0.05) is 25.1 Å². The van der Waals surface area contributed by atoms with E-state index in [4.69, 9.17) is 14.0 Å².